The number of hydrogen-bond acceptors (Lipinski definition) is 4. The molecule has 202 valence electrons. The van der Waals surface area contributed by atoms with Crippen molar-refractivity contribution in [2.45, 2.75) is 40.0 Å². The molecule has 0 saturated carbocycles. The van der Waals surface area contributed by atoms with Gasteiger partial charge in [-0.15, -0.1) is 0 Å². The highest BCUT2D eigenvalue weighted by Gasteiger charge is 2.27. The second-order valence-corrected chi connectivity index (χ2v) is 10.3. The van der Waals surface area contributed by atoms with Crippen molar-refractivity contribution in [3.05, 3.63) is 88.1 Å². The van der Waals surface area contributed by atoms with Crippen LogP contribution in [-0.4, -0.2) is 49.4 Å². The lowest BCUT2D eigenvalue weighted by molar-refractivity contribution is -0.117. The Hall–Kier alpha value is -3.16. The molecular weight excluding hydrogens is 540 g/mol. The molecule has 3 rings (SSSR count). The monoisotopic (exact) mass is 578 g/mol. The van der Waals surface area contributed by atoms with Crippen LogP contribution in [-0.2, 0) is 9.59 Å². The van der Waals surface area contributed by atoms with Crippen LogP contribution in [0.2, 0.25) is 0 Å². The predicted octanol–water partition coefficient (Wildman–Crippen LogP) is 5.93. The van der Waals surface area contributed by atoms with Crippen LogP contribution >= 0.6 is 15.9 Å². The average molecular weight is 580 g/mol. The van der Waals surface area contributed by atoms with Crippen molar-refractivity contribution in [1.29, 1.82) is 0 Å². The van der Waals surface area contributed by atoms with Crippen LogP contribution < -0.4 is 16.0 Å². The van der Waals surface area contributed by atoms with E-state index < -0.39 is 0 Å². The third-order valence-corrected chi connectivity index (χ3v) is 7.05. The number of allylic oxidation sites excluding steroid dienone is 7. The van der Waals surface area contributed by atoms with Gasteiger partial charge in [0, 0.05) is 45.7 Å². The highest BCUT2D eigenvalue weighted by molar-refractivity contribution is 9.11. The third kappa shape index (κ3) is 8.17. The van der Waals surface area contributed by atoms with Gasteiger partial charge in [-0.1, -0.05) is 72.8 Å². The Kier molecular flexibility index (Phi) is 11.4. The number of amides is 2. The van der Waals surface area contributed by atoms with Crippen LogP contribution in [0, 0.1) is 0 Å². The Morgan fingerprint density at radius 1 is 1.21 bits per heavy atom. The summed E-state index contributed by atoms with van der Waals surface area (Å²) in [6, 6.07) is 5.96. The van der Waals surface area contributed by atoms with Gasteiger partial charge in [-0.2, -0.15) is 0 Å². The zero-order chi connectivity index (χ0) is 27.5. The third-order valence-electron chi connectivity index (χ3n) is 6.52. The molecule has 1 aromatic rings. The van der Waals surface area contributed by atoms with Crippen molar-refractivity contribution in [3.63, 3.8) is 0 Å². The maximum Gasteiger partial charge on any atom is 0.256 e. The molecule has 0 spiro atoms. The van der Waals surface area contributed by atoms with E-state index in [-0.39, 0.29) is 11.8 Å². The maximum atomic E-state index is 12.8. The van der Waals surface area contributed by atoms with Crippen molar-refractivity contribution < 1.29 is 9.59 Å². The number of nitrogens with zero attached hydrogens (tertiary/aromatic N) is 1. The number of nitrogens with one attached hydrogen (secondary N) is 3. The largest absolute Gasteiger partial charge is 0.385 e. The molecule has 6 nitrogen and oxygen atoms in total. The zero-order valence-electron chi connectivity index (χ0n) is 22.7. The molecule has 0 bridgehead atoms. The molecule has 0 unspecified atom stereocenters. The molecule has 1 aliphatic carbocycles. The van der Waals surface area contributed by atoms with Gasteiger partial charge in [0.15, 0.2) is 0 Å². The lowest BCUT2D eigenvalue weighted by Crippen LogP contribution is -2.30. The van der Waals surface area contributed by atoms with Gasteiger partial charge in [0.2, 0.25) is 0 Å². The Bertz CT molecular complexity index is 1210. The first-order chi connectivity index (χ1) is 18.3. The fraction of sp³-hybridized carbons (Fsp3) is 0.355. The van der Waals surface area contributed by atoms with E-state index in [1.54, 1.807) is 6.08 Å². The Morgan fingerprint density at radius 2 is 2.03 bits per heavy atom. The first kappa shape index (κ1) is 29.4. The summed E-state index contributed by atoms with van der Waals surface area (Å²) in [7, 11) is 0. The Balaban J connectivity index is 1.59. The van der Waals surface area contributed by atoms with Gasteiger partial charge in [0.05, 0.1) is 0 Å². The average Bonchev–Trinajstić information content (AvgIpc) is 3.06. The maximum absolute atomic E-state index is 12.8. The topological polar surface area (TPSA) is 73.5 Å². The van der Waals surface area contributed by atoms with Gasteiger partial charge >= 0.3 is 0 Å². The number of anilines is 1. The molecule has 0 saturated heterocycles. The molecule has 1 heterocycles. The van der Waals surface area contributed by atoms with Gasteiger partial charge < -0.3 is 20.9 Å². The molecule has 2 aliphatic rings. The first-order valence-electron chi connectivity index (χ1n) is 13.3. The number of hydrogen-bond donors (Lipinski definition) is 3. The summed E-state index contributed by atoms with van der Waals surface area (Å²) in [5.41, 5.74) is 5.80. The second-order valence-electron chi connectivity index (χ2n) is 9.43. The Morgan fingerprint density at radius 3 is 2.79 bits per heavy atom. The van der Waals surface area contributed by atoms with Crippen LogP contribution in [0.5, 0.6) is 0 Å². The molecule has 0 atom stereocenters. The number of carbonyl (C=O) groups excluding carboxylic acids is 2. The second kappa shape index (κ2) is 14.7. The minimum atomic E-state index is -0.164. The molecule has 2 amide bonds. The lowest BCUT2D eigenvalue weighted by Gasteiger charge is -2.19. The summed E-state index contributed by atoms with van der Waals surface area (Å²) in [5, 5.41) is 9.22. The number of halogens is 1. The molecule has 0 aromatic heterocycles. The van der Waals surface area contributed by atoms with Gasteiger partial charge in [-0.3, -0.25) is 9.59 Å². The molecule has 38 heavy (non-hydrogen) atoms. The minimum absolute atomic E-state index is 0.110. The summed E-state index contributed by atoms with van der Waals surface area (Å²) >= 11 is 3.53. The van der Waals surface area contributed by atoms with Crippen molar-refractivity contribution in [3.8, 4) is 0 Å². The zero-order valence-corrected chi connectivity index (χ0v) is 24.3. The molecule has 1 aliphatic heterocycles. The fourth-order valence-electron chi connectivity index (χ4n) is 4.57. The van der Waals surface area contributed by atoms with E-state index in [4.69, 9.17) is 0 Å². The van der Waals surface area contributed by atoms with Crippen molar-refractivity contribution in [2.75, 3.05) is 38.0 Å². The minimum Gasteiger partial charge on any atom is -0.385 e. The quantitative estimate of drug-likeness (QED) is 0.154. The van der Waals surface area contributed by atoms with E-state index in [0.29, 0.717) is 24.2 Å². The molecule has 1 aromatic carbocycles. The number of fused-ring (bicyclic) bond motifs is 1. The smallest absolute Gasteiger partial charge is 0.256 e. The molecule has 3 N–H and O–H groups in total. The fourth-order valence-corrected chi connectivity index (χ4v) is 4.89. The summed E-state index contributed by atoms with van der Waals surface area (Å²) < 4.78 is 1.02. The van der Waals surface area contributed by atoms with Crippen LogP contribution in [0.3, 0.4) is 0 Å². The van der Waals surface area contributed by atoms with E-state index in [9.17, 15) is 9.59 Å². The summed E-state index contributed by atoms with van der Waals surface area (Å²) in [6.07, 6.45) is 14.7. The van der Waals surface area contributed by atoms with Gasteiger partial charge in [-0.25, -0.2) is 0 Å². The number of carbonyl (C=O) groups is 2. The molecule has 7 heteroatoms. The Labute approximate surface area is 235 Å². The highest BCUT2D eigenvalue weighted by Crippen LogP contribution is 2.39. The number of benzene rings is 1. The number of rotatable bonds is 13. The predicted molar refractivity (Wildman–Crippen MR) is 163 cm³/mol. The summed E-state index contributed by atoms with van der Waals surface area (Å²) in [4.78, 5) is 27.6. The lowest BCUT2D eigenvalue weighted by atomic mass is 9.93. The molecule has 0 fully saturated rings. The van der Waals surface area contributed by atoms with E-state index in [2.05, 4.69) is 75.4 Å². The highest BCUT2D eigenvalue weighted by atomic mass is 79.9. The van der Waals surface area contributed by atoms with E-state index in [0.717, 1.165) is 71.5 Å². The SMILES string of the molecule is C=C(/C=C(/C)NC/C=C1\C(=O)Nc2cccc(C3=CC=C(Br)C=CC3)c21)C(=O)NCCCN(CC)CCC. The van der Waals surface area contributed by atoms with Crippen LogP contribution in [0.4, 0.5) is 5.69 Å². The van der Waals surface area contributed by atoms with Gasteiger partial charge in [-0.05, 0) is 75.2 Å². The summed E-state index contributed by atoms with van der Waals surface area (Å²) in [6.45, 7) is 14.3. The normalized spacial score (nSPS) is 16.1. The van der Waals surface area contributed by atoms with Crippen molar-refractivity contribution >= 4 is 44.6 Å². The van der Waals surface area contributed by atoms with Gasteiger partial charge in [0.1, 0.15) is 0 Å². The van der Waals surface area contributed by atoms with Crippen LogP contribution in [0.25, 0.3) is 11.1 Å². The first-order valence-corrected chi connectivity index (χ1v) is 14.1. The summed E-state index contributed by atoms with van der Waals surface area (Å²) in [5.74, 6) is -0.273. The molecule has 0 radical (unpaired) electrons. The van der Waals surface area contributed by atoms with E-state index in [1.807, 2.05) is 37.3 Å². The van der Waals surface area contributed by atoms with Crippen LogP contribution in [0.1, 0.15) is 51.2 Å². The van der Waals surface area contributed by atoms with E-state index in [1.165, 1.54) is 0 Å². The van der Waals surface area contributed by atoms with Crippen LogP contribution in [0.15, 0.2) is 77.0 Å². The van der Waals surface area contributed by atoms with Gasteiger partial charge in [0.25, 0.3) is 11.8 Å². The molecular formula is C31H39BrN4O2. The van der Waals surface area contributed by atoms with Crippen molar-refractivity contribution in [2.24, 2.45) is 0 Å². The van der Waals surface area contributed by atoms with E-state index >= 15 is 0 Å². The standard InChI is InChI=1S/C31H39BrN4O2/c1-5-19-36(6-2)20-9-17-34-30(37)22(3)21-23(4)33-18-16-27-29-26(12-8-13-28(29)35-31(27)38)24-10-7-11-25(32)15-14-24/h7-8,11-16,21,33H,3,5-6,9-10,17-20H2,1-2,4H3,(H,34,37)(H,35,38)/b23-21-,27-16-. The van der Waals surface area contributed by atoms with Crippen molar-refractivity contribution in [1.82, 2.24) is 15.5 Å².